The predicted octanol–water partition coefficient (Wildman–Crippen LogP) is 4.54. The molecule has 0 aliphatic rings. The maximum absolute atomic E-state index is 12.5. The maximum Gasteiger partial charge on any atom is 0.276 e. The topological polar surface area (TPSA) is 89.0 Å². The van der Waals surface area contributed by atoms with Crippen LogP contribution in [0.3, 0.4) is 0 Å². The summed E-state index contributed by atoms with van der Waals surface area (Å²) < 4.78 is 6.45. The zero-order valence-electron chi connectivity index (χ0n) is 14.3. The number of nitrogens with zero attached hydrogens (tertiary/aromatic N) is 3. The number of nitrogens with one attached hydrogen (secondary N) is 2. The summed E-state index contributed by atoms with van der Waals surface area (Å²) in [4.78, 5) is 25.4. The van der Waals surface area contributed by atoms with Crippen LogP contribution in [0.2, 0.25) is 0 Å². The maximum atomic E-state index is 12.5. The molecule has 27 heavy (non-hydrogen) atoms. The molecule has 4 rings (SSSR count). The molecular weight excluding hydrogens is 382 g/mol. The lowest BCUT2D eigenvalue weighted by atomic mass is 10.3. The number of carbonyl (C=O) groups is 1. The molecule has 2 N–H and O–H groups in total. The average Bonchev–Trinajstić information content (AvgIpc) is 3.29. The summed E-state index contributed by atoms with van der Waals surface area (Å²) in [6.07, 6.45) is 1.69. The van der Waals surface area contributed by atoms with E-state index < -0.39 is 0 Å². The summed E-state index contributed by atoms with van der Waals surface area (Å²) in [7, 11) is 0. The average molecular weight is 397 g/mol. The number of fused-ring (bicyclic) bond motifs is 1. The quantitative estimate of drug-likeness (QED) is 0.496. The number of ether oxygens (including phenoxy) is 1. The molecule has 0 saturated carbocycles. The third-order valence-corrected chi connectivity index (χ3v) is 5.22. The van der Waals surface area contributed by atoms with Gasteiger partial charge < -0.3 is 10.1 Å². The van der Waals surface area contributed by atoms with Gasteiger partial charge >= 0.3 is 0 Å². The van der Waals surface area contributed by atoms with E-state index in [0.29, 0.717) is 28.4 Å². The molecular formula is C18H15N5O2S2. The molecule has 1 aromatic carbocycles. The van der Waals surface area contributed by atoms with E-state index in [1.807, 2.05) is 43.3 Å². The molecule has 7 nitrogen and oxygen atoms in total. The van der Waals surface area contributed by atoms with E-state index in [0.717, 1.165) is 16.0 Å². The zero-order chi connectivity index (χ0) is 18.6. The van der Waals surface area contributed by atoms with Crippen LogP contribution in [-0.4, -0.2) is 27.5 Å². The van der Waals surface area contributed by atoms with Crippen molar-refractivity contribution in [1.82, 2.24) is 15.0 Å². The Morgan fingerprint density at radius 3 is 2.93 bits per heavy atom. The van der Waals surface area contributed by atoms with Crippen molar-refractivity contribution < 1.29 is 9.53 Å². The second-order valence-electron chi connectivity index (χ2n) is 5.41. The van der Waals surface area contributed by atoms with Gasteiger partial charge in [-0.1, -0.05) is 17.4 Å². The number of pyridine rings is 1. The predicted molar refractivity (Wildman–Crippen MR) is 108 cm³/mol. The van der Waals surface area contributed by atoms with Crippen molar-refractivity contribution in [1.29, 1.82) is 0 Å². The monoisotopic (exact) mass is 397 g/mol. The molecule has 4 aromatic rings. The smallest absolute Gasteiger partial charge is 0.276 e. The van der Waals surface area contributed by atoms with E-state index in [1.54, 1.807) is 11.6 Å². The van der Waals surface area contributed by atoms with Crippen molar-refractivity contribution in [2.45, 2.75) is 6.92 Å². The molecule has 0 saturated heterocycles. The zero-order valence-corrected chi connectivity index (χ0v) is 15.9. The van der Waals surface area contributed by atoms with Gasteiger partial charge in [0, 0.05) is 11.6 Å². The molecule has 0 aliphatic heterocycles. The Labute approximate surface area is 163 Å². The van der Waals surface area contributed by atoms with Gasteiger partial charge in [0.15, 0.2) is 10.3 Å². The first kappa shape index (κ1) is 17.4. The van der Waals surface area contributed by atoms with Gasteiger partial charge in [-0.2, -0.15) is 0 Å². The lowest BCUT2D eigenvalue weighted by Gasteiger charge is -2.00. The van der Waals surface area contributed by atoms with Gasteiger partial charge in [0.05, 0.1) is 16.8 Å². The Hall–Kier alpha value is -3.04. The largest absolute Gasteiger partial charge is 0.494 e. The minimum atomic E-state index is -0.301. The number of hydrogen-bond acceptors (Lipinski definition) is 8. The Bertz CT molecular complexity index is 1080. The molecule has 0 bridgehead atoms. The van der Waals surface area contributed by atoms with Gasteiger partial charge in [-0.25, -0.2) is 15.0 Å². The Balaban J connectivity index is 1.46. The van der Waals surface area contributed by atoms with E-state index >= 15 is 0 Å². The molecule has 0 aliphatic carbocycles. The summed E-state index contributed by atoms with van der Waals surface area (Å²) >= 11 is 2.74. The molecule has 3 aromatic heterocycles. The number of carbonyl (C=O) groups excluding carboxylic acids is 1. The van der Waals surface area contributed by atoms with Gasteiger partial charge in [-0.15, -0.1) is 11.3 Å². The highest BCUT2D eigenvalue weighted by atomic mass is 32.1. The number of rotatable bonds is 6. The van der Waals surface area contributed by atoms with Crippen LogP contribution in [0.15, 0.2) is 48.0 Å². The number of amides is 1. The van der Waals surface area contributed by atoms with Crippen LogP contribution in [0.25, 0.3) is 10.2 Å². The second-order valence-corrected chi connectivity index (χ2v) is 7.30. The normalized spacial score (nSPS) is 10.7. The van der Waals surface area contributed by atoms with Crippen molar-refractivity contribution in [3.8, 4) is 5.75 Å². The molecule has 0 unspecified atom stereocenters. The minimum absolute atomic E-state index is 0.301. The molecule has 0 atom stereocenters. The lowest BCUT2D eigenvalue weighted by molar-refractivity contribution is 0.102. The molecule has 9 heteroatoms. The summed E-state index contributed by atoms with van der Waals surface area (Å²) in [6, 6.07) is 11.2. The van der Waals surface area contributed by atoms with Crippen LogP contribution in [0.5, 0.6) is 5.75 Å². The number of thiazole rings is 2. The van der Waals surface area contributed by atoms with Gasteiger partial charge in [0.2, 0.25) is 0 Å². The second kappa shape index (κ2) is 7.68. The van der Waals surface area contributed by atoms with Gasteiger partial charge in [0.1, 0.15) is 17.3 Å². The van der Waals surface area contributed by atoms with Crippen LogP contribution in [0, 0.1) is 0 Å². The Morgan fingerprint density at radius 1 is 1.19 bits per heavy atom. The van der Waals surface area contributed by atoms with Crippen LogP contribution >= 0.6 is 22.7 Å². The number of benzene rings is 1. The highest BCUT2D eigenvalue weighted by Crippen LogP contribution is 2.30. The van der Waals surface area contributed by atoms with Crippen LogP contribution < -0.4 is 15.4 Å². The van der Waals surface area contributed by atoms with Crippen LogP contribution in [0.4, 0.5) is 16.1 Å². The highest BCUT2D eigenvalue weighted by Gasteiger charge is 2.14. The van der Waals surface area contributed by atoms with Crippen LogP contribution in [-0.2, 0) is 0 Å². The highest BCUT2D eigenvalue weighted by molar-refractivity contribution is 7.22. The third-order valence-electron chi connectivity index (χ3n) is 3.53. The molecule has 0 spiro atoms. The number of anilines is 3. The first-order chi connectivity index (χ1) is 13.2. The number of aromatic nitrogens is 3. The minimum Gasteiger partial charge on any atom is -0.494 e. The Morgan fingerprint density at radius 2 is 2.11 bits per heavy atom. The fraction of sp³-hybridized carbons (Fsp3) is 0.111. The lowest BCUT2D eigenvalue weighted by Crippen LogP contribution is -2.12. The van der Waals surface area contributed by atoms with Crippen molar-refractivity contribution in [3.05, 3.63) is 53.7 Å². The molecule has 1 amide bonds. The van der Waals surface area contributed by atoms with Crippen LogP contribution in [0.1, 0.15) is 17.4 Å². The Kier molecular flexibility index (Phi) is 4.95. The van der Waals surface area contributed by atoms with Gasteiger partial charge in [-0.05, 0) is 37.3 Å². The van der Waals surface area contributed by atoms with Crippen molar-refractivity contribution in [2.24, 2.45) is 0 Å². The van der Waals surface area contributed by atoms with Gasteiger partial charge in [-0.3, -0.25) is 10.1 Å². The van der Waals surface area contributed by atoms with Crippen molar-refractivity contribution in [2.75, 3.05) is 17.2 Å². The third kappa shape index (κ3) is 4.04. The fourth-order valence-corrected chi connectivity index (χ4v) is 3.94. The first-order valence-corrected chi connectivity index (χ1v) is 9.89. The standard InChI is InChI=1S/C18H15N5O2S2/c1-2-25-11-6-7-12-14(9-11)27-18(20-12)23-16(24)13-10-26-17(21-13)22-15-5-3-4-8-19-15/h3-10H,2H2,1H3,(H,19,21,22)(H,20,23,24). The van der Waals surface area contributed by atoms with Gasteiger partial charge in [0.25, 0.3) is 5.91 Å². The summed E-state index contributed by atoms with van der Waals surface area (Å²) in [6.45, 7) is 2.54. The molecule has 3 heterocycles. The van der Waals surface area contributed by atoms with Crippen molar-refractivity contribution >= 4 is 54.9 Å². The SMILES string of the molecule is CCOc1ccc2nc(NC(=O)c3csc(Nc4ccccn4)n3)sc2c1. The molecule has 0 radical (unpaired) electrons. The van der Waals surface area contributed by atoms with E-state index in [1.165, 1.54) is 22.7 Å². The fourth-order valence-electron chi connectivity index (χ4n) is 2.36. The first-order valence-electron chi connectivity index (χ1n) is 8.19. The van der Waals surface area contributed by atoms with E-state index in [-0.39, 0.29) is 5.91 Å². The van der Waals surface area contributed by atoms with Crippen molar-refractivity contribution in [3.63, 3.8) is 0 Å². The van der Waals surface area contributed by atoms with E-state index in [4.69, 9.17) is 4.74 Å². The van der Waals surface area contributed by atoms with E-state index in [2.05, 4.69) is 25.6 Å². The van der Waals surface area contributed by atoms with E-state index in [9.17, 15) is 4.79 Å². The summed E-state index contributed by atoms with van der Waals surface area (Å²) in [5.41, 5.74) is 1.14. The molecule has 0 fully saturated rings. The molecule has 136 valence electrons. The summed E-state index contributed by atoms with van der Waals surface area (Å²) in [5.74, 6) is 1.16. The number of hydrogen-bond donors (Lipinski definition) is 2. The summed E-state index contributed by atoms with van der Waals surface area (Å²) in [5, 5.41) is 8.70.